The minimum atomic E-state index is -0.0321. The molecule has 0 unspecified atom stereocenters. The fourth-order valence-electron chi connectivity index (χ4n) is 1.71. The third kappa shape index (κ3) is 4.92. The van der Waals surface area contributed by atoms with Gasteiger partial charge in [-0.25, -0.2) is 0 Å². The Hall–Kier alpha value is -0.650. The van der Waals surface area contributed by atoms with Crippen LogP contribution in [0.4, 0.5) is 0 Å². The average molecular weight is 330 g/mol. The zero-order chi connectivity index (χ0) is 13.4. The first-order chi connectivity index (χ1) is 8.69. The van der Waals surface area contributed by atoms with Gasteiger partial charge in [-0.15, -0.1) is 18.0 Å². The molecule has 98 valence electrons. The van der Waals surface area contributed by atoms with Crippen molar-refractivity contribution < 1.29 is 4.74 Å². The number of terminal acetylenes is 1. The van der Waals surface area contributed by atoms with Gasteiger partial charge in [-0.05, 0) is 18.9 Å². The molecule has 1 aliphatic rings. The monoisotopic (exact) mass is 328 g/mol. The molecule has 0 aliphatic carbocycles. The number of halogens is 2. The van der Waals surface area contributed by atoms with Crippen molar-refractivity contribution in [2.45, 2.75) is 44.1 Å². The molecule has 0 fully saturated rings. The first-order valence-electron chi connectivity index (χ1n) is 6.13. The van der Waals surface area contributed by atoms with Gasteiger partial charge in [0.1, 0.15) is 11.9 Å². The molecule has 0 saturated carbocycles. The molecule has 0 aromatic heterocycles. The highest BCUT2D eigenvalue weighted by atomic mass is 79.9. The maximum Gasteiger partial charge on any atom is 0.118 e. The minimum absolute atomic E-state index is 0.0314. The lowest BCUT2D eigenvalue weighted by molar-refractivity contribution is 0.108. The van der Waals surface area contributed by atoms with E-state index in [9.17, 15) is 0 Å². The summed E-state index contributed by atoms with van der Waals surface area (Å²) >= 11 is 9.91. The Bertz CT molecular complexity index is 390. The van der Waals surface area contributed by atoms with Crippen molar-refractivity contribution in [2.24, 2.45) is 0 Å². The Morgan fingerprint density at radius 1 is 1.67 bits per heavy atom. The second kappa shape index (κ2) is 8.45. The van der Waals surface area contributed by atoms with Gasteiger partial charge in [0.15, 0.2) is 0 Å². The number of hydrogen-bond donors (Lipinski definition) is 0. The first kappa shape index (κ1) is 15.4. The van der Waals surface area contributed by atoms with Crippen LogP contribution in [0.3, 0.4) is 0 Å². The molecular formula is C15H18BrClO. The average Bonchev–Trinajstić information content (AvgIpc) is 2.37. The van der Waals surface area contributed by atoms with Crippen LogP contribution in [0, 0.1) is 12.3 Å². The highest BCUT2D eigenvalue weighted by Gasteiger charge is 2.22. The van der Waals surface area contributed by atoms with Gasteiger partial charge in [0.25, 0.3) is 0 Å². The fourth-order valence-corrected chi connectivity index (χ4v) is 2.22. The number of hydrogen-bond acceptors (Lipinski definition) is 1. The first-order valence-corrected chi connectivity index (χ1v) is 7.36. The van der Waals surface area contributed by atoms with Crippen molar-refractivity contribution in [3.05, 3.63) is 34.5 Å². The highest BCUT2D eigenvalue weighted by Crippen LogP contribution is 2.28. The lowest BCUT2D eigenvalue weighted by Gasteiger charge is -2.25. The lowest BCUT2D eigenvalue weighted by Crippen LogP contribution is -2.25. The second-order valence-electron chi connectivity index (χ2n) is 4.07. The molecule has 0 aromatic carbocycles. The maximum absolute atomic E-state index is 6.35. The van der Waals surface area contributed by atoms with E-state index in [0.29, 0.717) is 0 Å². The standard InChI is InChI=1S/C15H18BrClO/c1-3-5-6-11-15-13(17)9-7-8-10-14(18-15)12(16)4-2/h1,5-8,13,15H,4,9-11H2,2H3/b6-5-,8-7+,14-12+/t13-,15-/m0/s1. The van der Waals surface area contributed by atoms with E-state index in [4.69, 9.17) is 22.8 Å². The van der Waals surface area contributed by atoms with Crippen molar-refractivity contribution in [3.8, 4) is 12.3 Å². The molecule has 1 rings (SSSR count). The molecule has 1 nitrogen and oxygen atoms in total. The van der Waals surface area contributed by atoms with Crippen LogP contribution in [0.5, 0.6) is 0 Å². The van der Waals surface area contributed by atoms with Gasteiger partial charge >= 0.3 is 0 Å². The Morgan fingerprint density at radius 3 is 3.11 bits per heavy atom. The molecule has 0 bridgehead atoms. The van der Waals surface area contributed by atoms with Gasteiger partial charge in [-0.3, -0.25) is 0 Å². The molecular weight excluding hydrogens is 312 g/mol. The quantitative estimate of drug-likeness (QED) is 0.405. The number of rotatable bonds is 3. The van der Waals surface area contributed by atoms with Crippen molar-refractivity contribution in [1.82, 2.24) is 0 Å². The van der Waals surface area contributed by atoms with E-state index in [1.165, 1.54) is 0 Å². The van der Waals surface area contributed by atoms with Crippen LogP contribution in [0.15, 0.2) is 34.5 Å². The second-order valence-corrected chi connectivity index (χ2v) is 5.59. The predicted molar refractivity (Wildman–Crippen MR) is 81.7 cm³/mol. The molecule has 0 radical (unpaired) electrons. The lowest BCUT2D eigenvalue weighted by atomic mass is 10.1. The van der Waals surface area contributed by atoms with Crippen LogP contribution in [-0.2, 0) is 4.74 Å². The topological polar surface area (TPSA) is 9.23 Å². The van der Waals surface area contributed by atoms with E-state index in [0.717, 1.165) is 35.9 Å². The summed E-state index contributed by atoms with van der Waals surface area (Å²) in [5.74, 6) is 3.45. The molecule has 18 heavy (non-hydrogen) atoms. The molecule has 0 saturated heterocycles. The number of alkyl halides is 1. The summed E-state index contributed by atoms with van der Waals surface area (Å²) in [5, 5.41) is -0.0314. The van der Waals surface area contributed by atoms with Gasteiger partial charge in [-0.1, -0.05) is 47.0 Å². The van der Waals surface area contributed by atoms with Crippen molar-refractivity contribution in [3.63, 3.8) is 0 Å². The van der Waals surface area contributed by atoms with Gasteiger partial charge in [0, 0.05) is 17.3 Å². The van der Waals surface area contributed by atoms with Gasteiger partial charge < -0.3 is 4.74 Å². The summed E-state index contributed by atoms with van der Waals surface area (Å²) in [4.78, 5) is 0. The van der Waals surface area contributed by atoms with Crippen LogP contribution < -0.4 is 0 Å². The summed E-state index contributed by atoms with van der Waals surface area (Å²) in [7, 11) is 0. The Kier molecular flexibility index (Phi) is 7.23. The molecule has 0 spiro atoms. The van der Waals surface area contributed by atoms with Gasteiger partial charge in [-0.2, -0.15) is 0 Å². The van der Waals surface area contributed by atoms with Gasteiger partial charge in [0.05, 0.1) is 5.38 Å². The largest absolute Gasteiger partial charge is 0.492 e. The summed E-state index contributed by atoms with van der Waals surface area (Å²) in [6.45, 7) is 2.09. The molecule has 0 amide bonds. The van der Waals surface area contributed by atoms with Crippen molar-refractivity contribution in [2.75, 3.05) is 0 Å². The fraction of sp³-hybridized carbons (Fsp3) is 0.467. The van der Waals surface area contributed by atoms with E-state index < -0.39 is 0 Å². The number of allylic oxidation sites excluding steroid dienone is 4. The molecule has 0 aromatic rings. The summed E-state index contributed by atoms with van der Waals surface area (Å²) in [6.07, 6.45) is 16.3. The Labute approximate surface area is 123 Å². The third-order valence-corrected chi connectivity index (χ3v) is 4.19. The summed E-state index contributed by atoms with van der Waals surface area (Å²) < 4.78 is 7.13. The third-order valence-electron chi connectivity index (χ3n) is 2.72. The van der Waals surface area contributed by atoms with E-state index in [2.05, 4.69) is 40.9 Å². The highest BCUT2D eigenvalue weighted by molar-refractivity contribution is 9.11. The SMILES string of the molecule is C#C/C=C\C[C@@H]1O/C(=C(/Br)CC)C/C=C/C[C@@H]1Cl. The van der Waals surface area contributed by atoms with Gasteiger partial charge in [0.2, 0.25) is 0 Å². The van der Waals surface area contributed by atoms with E-state index in [1.807, 2.05) is 6.08 Å². The van der Waals surface area contributed by atoms with E-state index in [-0.39, 0.29) is 11.5 Å². The summed E-state index contributed by atoms with van der Waals surface area (Å²) in [6, 6.07) is 0. The predicted octanol–water partition coefficient (Wildman–Crippen LogP) is 4.93. The molecule has 2 atom stereocenters. The molecule has 1 aliphatic heterocycles. The Morgan fingerprint density at radius 2 is 2.44 bits per heavy atom. The van der Waals surface area contributed by atoms with Crippen LogP contribution in [0.1, 0.15) is 32.6 Å². The molecule has 1 heterocycles. The minimum Gasteiger partial charge on any atom is -0.492 e. The molecule has 0 N–H and O–H groups in total. The van der Waals surface area contributed by atoms with E-state index >= 15 is 0 Å². The van der Waals surface area contributed by atoms with Crippen LogP contribution in [0.2, 0.25) is 0 Å². The van der Waals surface area contributed by atoms with Crippen LogP contribution >= 0.6 is 27.5 Å². The van der Waals surface area contributed by atoms with Crippen LogP contribution in [0.25, 0.3) is 0 Å². The van der Waals surface area contributed by atoms with E-state index in [1.54, 1.807) is 6.08 Å². The van der Waals surface area contributed by atoms with Crippen molar-refractivity contribution >= 4 is 27.5 Å². The Balaban J connectivity index is 2.82. The zero-order valence-corrected chi connectivity index (χ0v) is 12.9. The molecule has 3 heteroatoms. The number of ether oxygens (including phenoxy) is 1. The summed E-state index contributed by atoms with van der Waals surface area (Å²) in [5.41, 5.74) is 0. The normalized spacial score (nSPS) is 29.0. The maximum atomic E-state index is 6.35. The van der Waals surface area contributed by atoms with Crippen molar-refractivity contribution in [1.29, 1.82) is 0 Å². The van der Waals surface area contributed by atoms with Crippen LogP contribution in [-0.4, -0.2) is 11.5 Å². The smallest absolute Gasteiger partial charge is 0.118 e. The zero-order valence-electron chi connectivity index (χ0n) is 10.5.